The Kier molecular flexibility index (Phi) is 7.26. The fourth-order valence-electron chi connectivity index (χ4n) is 1.01. The van der Waals surface area contributed by atoms with E-state index in [2.05, 4.69) is 12.7 Å². The molecular formula is C11H19NO. The molecule has 0 aliphatic carbocycles. The van der Waals surface area contributed by atoms with E-state index >= 15 is 0 Å². The zero-order chi connectivity index (χ0) is 10.1. The summed E-state index contributed by atoms with van der Waals surface area (Å²) in [6.45, 7) is 7.02. The van der Waals surface area contributed by atoms with E-state index in [0.29, 0.717) is 13.2 Å². The van der Waals surface area contributed by atoms with E-state index in [1.54, 1.807) is 7.11 Å². The summed E-state index contributed by atoms with van der Waals surface area (Å²) in [7, 11) is 1.69. The third-order valence-electron chi connectivity index (χ3n) is 1.75. The molecule has 0 rings (SSSR count). The van der Waals surface area contributed by atoms with Gasteiger partial charge >= 0.3 is 0 Å². The summed E-state index contributed by atoms with van der Waals surface area (Å²) in [5.41, 5.74) is 7.77. The van der Waals surface area contributed by atoms with Gasteiger partial charge in [-0.3, -0.25) is 0 Å². The average molecular weight is 181 g/mol. The Hall–Kier alpha value is -0.860. The highest BCUT2D eigenvalue weighted by atomic mass is 16.5. The average Bonchev–Trinajstić information content (AvgIpc) is 2.16. The highest BCUT2D eigenvalue weighted by Gasteiger charge is 1.94. The van der Waals surface area contributed by atoms with Crippen LogP contribution in [-0.2, 0) is 4.74 Å². The lowest BCUT2D eigenvalue weighted by Crippen LogP contribution is -2.00. The Morgan fingerprint density at radius 1 is 1.46 bits per heavy atom. The number of methoxy groups -OCH3 is 1. The first-order valence-corrected chi connectivity index (χ1v) is 4.45. The Labute approximate surface area is 80.8 Å². The van der Waals surface area contributed by atoms with E-state index in [4.69, 9.17) is 10.5 Å². The molecule has 0 saturated carbocycles. The molecule has 0 aromatic heterocycles. The highest BCUT2D eigenvalue weighted by molar-refractivity contribution is 5.29. The summed E-state index contributed by atoms with van der Waals surface area (Å²) in [4.78, 5) is 0. The molecule has 2 nitrogen and oxygen atoms in total. The minimum Gasteiger partial charge on any atom is -0.380 e. The monoisotopic (exact) mass is 181 g/mol. The summed E-state index contributed by atoms with van der Waals surface area (Å²) in [6.07, 6.45) is 6.81. The predicted molar refractivity (Wildman–Crippen MR) is 57.6 cm³/mol. The largest absolute Gasteiger partial charge is 0.380 e. The molecule has 0 bridgehead atoms. The van der Waals surface area contributed by atoms with Gasteiger partial charge in [0.05, 0.1) is 6.61 Å². The maximum absolute atomic E-state index is 5.46. The lowest BCUT2D eigenvalue weighted by molar-refractivity contribution is 0.228. The topological polar surface area (TPSA) is 35.2 Å². The summed E-state index contributed by atoms with van der Waals surface area (Å²) >= 11 is 0. The highest BCUT2D eigenvalue weighted by Crippen LogP contribution is 2.07. The zero-order valence-corrected chi connectivity index (χ0v) is 8.55. The van der Waals surface area contributed by atoms with Crippen LogP contribution in [0.3, 0.4) is 0 Å². The molecular weight excluding hydrogens is 162 g/mol. The molecule has 2 heteroatoms. The zero-order valence-electron chi connectivity index (χ0n) is 8.55. The Morgan fingerprint density at radius 2 is 2.15 bits per heavy atom. The third kappa shape index (κ3) is 5.39. The van der Waals surface area contributed by atoms with E-state index in [1.165, 1.54) is 0 Å². The van der Waals surface area contributed by atoms with Gasteiger partial charge in [-0.05, 0) is 31.0 Å². The maximum atomic E-state index is 5.46. The normalized spacial score (nSPS) is 13.2. The Balaban J connectivity index is 4.35. The van der Waals surface area contributed by atoms with Gasteiger partial charge in [0.15, 0.2) is 0 Å². The first kappa shape index (κ1) is 12.1. The minimum atomic E-state index is 0.637. The molecule has 0 aliphatic rings. The van der Waals surface area contributed by atoms with E-state index in [9.17, 15) is 0 Å². The van der Waals surface area contributed by atoms with E-state index in [0.717, 1.165) is 17.6 Å². The number of nitrogens with two attached hydrogens (primary N) is 1. The van der Waals surface area contributed by atoms with Gasteiger partial charge in [0.2, 0.25) is 0 Å². The van der Waals surface area contributed by atoms with Crippen LogP contribution in [0.1, 0.15) is 13.3 Å². The smallest absolute Gasteiger partial charge is 0.0710 e. The molecule has 0 fully saturated rings. The molecule has 0 aliphatic heterocycles. The number of allylic oxidation sites excluding steroid dienone is 2. The maximum Gasteiger partial charge on any atom is 0.0710 e. The van der Waals surface area contributed by atoms with Crippen molar-refractivity contribution in [1.29, 1.82) is 0 Å². The second-order valence-electron chi connectivity index (χ2n) is 2.76. The van der Waals surface area contributed by atoms with Gasteiger partial charge in [0.1, 0.15) is 0 Å². The van der Waals surface area contributed by atoms with Crippen LogP contribution in [0.5, 0.6) is 0 Å². The lowest BCUT2D eigenvalue weighted by atomic mass is 10.1. The van der Waals surface area contributed by atoms with Crippen molar-refractivity contribution in [3.8, 4) is 0 Å². The van der Waals surface area contributed by atoms with Gasteiger partial charge in [-0.15, -0.1) is 0 Å². The third-order valence-corrected chi connectivity index (χ3v) is 1.75. The van der Waals surface area contributed by atoms with Crippen molar-refractivity contribution in [3.63, 3.8) is 0 Å². The van der Waals surface area contributed by atoms with Crippen LogP contribution in [0.25, 0.3) is 0 Å². The molecule has 0 heterocycles. The van der Waals surface area contributed by atoms with Gasteiger partial charge in [-0.25, -0.2) is 0 Å². The first-order chi connectivity index (χ1) is 6.28. The van der Waals surface area contributed by atoms with Gasteiger partial charge < -0.3 is 10.5 Å². The molecule has 2 N–H and O–H groups in total. The quantitative estimate of drug-likeness (QED) is 0.636. The first-order valence-electron chi connectivity index (χ1n) is 4.45. The number of rotatable bonds is 6. The van der Waals surface area contributed by atoms with Crippen LogP contribution in [0.4, 0.5) is 0 Å². The van der Waals surface area contributed by atoms with E-state index in [-0.39, 0.29) is 0 Å². The van der Waals surface area contributed by atoms with Crippen molar-refractivity contribution in [3.05, 3.63) is 36.0 Å². The summed E-state index contributed by atoms with van der Waals surface area (Å²) < 4.78 is 5.04. The van der Waals surface area contributed by atoms with Crippen molar-refractivity contribution in [1.82, 2.24) is 0 Å². The number of ether oxygens (including phenoxy) is 1. The van der Waals surface area contributed by atoms with Crippen molar-refractivity contribution < 1.29 is 4.74 Å². The second kappa shape index (κ2) is 7.77. The van der Waals surface area contributed by atoms with Crippen molar-refractivity contribution in [2.24, 2.45) is 5.73 Å². The molecule has 0 saturated heterocycles. The van der Waals surface area contributed by atoms with Crippen LogP contribution < -0.4 is 5.73 Å². The molecule has 0 spiro atoms. The number of hydrogen-bond donors (Lipinski definition) is 1. The molecule has 0 aromatic carbocycles. The summed E-state index contributed by atoms with van der Waals surface area (Å²) in [6, 6.07) is 0. The lowest BCUT2D eigenvalue weighted by Gasteiger charge is -2.03. The fourth-order valence-corrected chi connectivity index (χ4v) is 1.01. The van der Waals surface area contributed by atoms with Crippen molar-refractivity contribution in [2.45, 2.75) is 13.3 Å². The molecule has 0 aromatic rings. The summed E-state index contributed by atoms with van der Waals surface area (Å²) in [5, 5.41) is 0. The molecule has 0 radical (unpaired) electrons. The van der Waals surface area contributed by atoms with E-state index in [1.807, 2.05) is 19.1 Å². The van der Waals surface area contributed by atoms with Gasteiger partial charge in [0, 0.05) is 7.11 Å². The van der Waals surface area contributed by atoms with Crippen molar-refractivity contribution >= 4 is 0 Å². The fraction of sp³-hybridized carbons (Fsp3) is 0.455. The molecule has 13 heavy (non-hydrogen) atoms. The molecule has 74 valence electrons. The van der Waals surface area contributed by atoms with E-state index < -0.39 is 0 Å². The van der Waals surface area contributed by atoms with Crippen LogP contribution in [0, 0.1) is 0 Å². The SMILES string of the molecule is C=CC(=CC(=CC)COC)CCN. The predicted octanol–water partition coefficient (Wildman–Crippen LogP) is 2.04. The van der Waals surface area contributed by atoms with Crippen LogP contribution in [0.15, 0.2) is 36.0 Å². The van der Waals surface area contributed by atoms with Crippen LogP contribution in [0.2, 0.25) is 0 Å². The number of hydrogen-bond acceptors (Lipinski definition) is 2. The van der Waals surface area contributed by atoms with Gasteiger partial charge in [-0.2, -0.15) is 0 Å². The Morgan fingerprint density at radius 3 is 2.54 bits per heavy atom. The second-order valence-corrected chi connectivity index (χ2v) is 2.76. The van der Waals surface area contributed by atoms with Crippen molar-refractivity contribution in [2.75, 3.05) is 20.3 Å². The Bertz CT molecular complexity index is 204. The van der Waals surface area contributed by atoms with Crippen LogP contribution in [-0.4, -0.2) is 20.3 Å². The van der Waals surface area contributed by atoms with Gasteiger partial charge in [0.25, 0.3) is 0 Å². The van der Waals surface area contributed by atoms with Gasteiger partial charge in [-0.1, -0.05) is 24.8 Å². The standard InChI is InChI=1S/C11H19NO/c1-4-10(6-7-12)8-11(5-2)9-13-3/h4-5,8H,1,6-7,9,12H2,2-3H3. The molecule has 0 atom stereocenters. The molecule has 0 unspecified atom stereocenters. The minimum absolute atomic E-state index is 0.637. The van der Waals surface area contributed by atoms with Crippen LogP contribution >= 0.6 is 0 Å². The summed E-state index contributed by atoms with van der Waals surface area (Å²) in [5.74, 6) is 0. The molecule has 0 amide bonds.